The molecule has 0 bridgehead atoms. The molecule has 0 fully saturated rings. The SMILES string of the molecule is ONCc1n[nH]c2c1CCC2. The second-order valence-electron chi connectivity index (χ2n) is 2.82. The predicted octanol–water partition coefficient (Wildman–Crippen LogP) is 0.377. The van der Waals surface area contributed by atoms with Crippen LogP contribution in [0.2, 0.25) is 0 Å². The van der Waals surface area contributed by atoms with Gasteiger partial charge >= 0.3 is 0 Å². The van der Waals surface area contributed by atoms with Crippen LogP contribution >= 0.6 is 0 Å². The minimum Gasteiger partial charge on any atom is -0.316 e. The number of hydrogen-bond donors (Lipinski definition) is 3. The molecule has 4 nitrogen and oxygen atoms in total. The first-order chi connectivity index (χ1) is 5.42. The van der Waals surface area contributed by atoms with Crippen LogP contribution in [0, 0.1) is 0 Å². The van der Waals surface area contributed by atoms with Gasteiger partial charge in [0.25, 0.3) is 0 Å². The molecule has 4 heteroatoms. The summed E-state index contributed by atoms with van der Waals surface area (Å²) >= 11 is 0. The molecule has 1 aliphatic rings. The van der Waals surface area contributed by atoms with Gasteiger partial charge in [0.1, 0.15) is 0 Å². The highest BCUT2D eigenvalue weighted by molar-refractivity contribution is 5.29. The van der Waals surface area contributed by atoms with E-state index in [2.05, 4.69) is 15.7 Å². The Kier molecular flexibility index (Phi) is 1.63. The summed E-state index contributed by atoms with van der Waals surface area (Å²) in [4.78, 5) is 0. The van der Waals surface area contributed by atoms with E-state index in [1.165, 1.54) is 17.7 Å². The van der Waals surface area contributed by atoms with E-state index in [4.69, 9.17) is 5.21 Å². The smallest absolute Gasteiger partial charge is 0.0818 e. The van der Waals surface area contributed by atoms with Gasteiger partial charge in [0.05, 0.1) is 12.2 Å². The fraction of sp³-hybridized carbons (Fsp3) is 0.571. The molecule has 2 rings (SSSR count). The van der Waals surface area contributed by atoms with Crippen LogP contribution in [0.15, 0.2) is 0 Å². The van der Waals surface area contributed by atoms with Gasteiger partial charge in [0.2, 0.25) is 0 Å². The number of fused-ring (bicyclic) bond motifs is 1. The van der Waals surface area contributed by atoms with Crippen molar-refractivity contribution in [1.82, 2.24) is 15.7 Å². The van der Waals surface area contributed by atoms with Gasteiger partial charge in [0.15, 0.2) is 0 Å². The third kappa shape index (κ3) is 1.04. The first kappa shape index (κ1) is 6.82. The Hall–Kier alpha value is -0.870. The fourth-order valence-electron chi connectivity index (χ4n) is 1.61. The lowest BCUT2D eigenvalue weighted by Gasteiger charge is -1.94. The lowest BCUT2D eigenvalue weighted by atomic mass is 10.2. The van der Waals surface area contributed by atoms with E-state index in [0.29, 0.717) is 6.54 Å². The molecule has 0 radical (unpaired) electrons. The summed E-state index contributed by atoms with van der Waals surface area (Å²) in [6, 6.07) is 0. The van der Waals surface area contributed by atoms with E-state index in [0.717, 1.165) is 18.5 Å². The van der Waals surface area contributed by atoms with Gasteiger partial charge in [-0.25, -0.2) is 0 Å². The van der Waals surface area contributed by atoms with Gasteiger partial charge in [-0.05, 0) is 24.8 Å². The van der Waals surface area contributed by atoms with Gasteiger partial charge in [-0.1, -0.05) is 0 Å². The van der Waals surface area contributed by atoms with E-state index in [9.17, 15) is 0 Å². The molecule has 0 spiro atoms. The second kappa shape index (κ2) is 2.64. The zero-order valence-corrected chi connectivity index (χ0v) is 6.22. The second-order valence-corrected chi connectivity index (χ2v) is 2.82. The van der Waals surface area contributed by atoms with Crippen molar-refractivity contribution in [3.63, 3.8) is 0 Å². The topological polar surface area (TPSA) is 60.9 Å². The third-order valence-electron chi connectivity index (χ3n) is 2.14. The summed E-state index contributed by atoms with van der Waals surface area (Å²) in [6.07, 6.45) is 3.42. The van der Waals surface area contributed by atoms with Crippen molar-refractivity contribution in [3.05, 3.63) is 17.0 Å². The largest absolute Gasteiger partial charge is 0.316 e. The van der Waals surface area contributed by atoms with E-state index < -0.39 is 0 Å². The first-order valence-corrected chi connectivity index (χ1v) is 3.84. The van der Waals surface area contributed by atoms with Gasteiger partial charge in [-0.3, -0.25) is 5.10 Å². The molecule has 11 heavy (non-hydrogen) atoms. The minimum atomic E-state index is 0.450. The fourth-order valence-corrected chi connectivity index (χ4v) is 1.61. The van der Waals surface area contributed by atoms with Crippen molar-refractivity contribution in [2.75, 3.05) is 0 Å². The number of aryl methyl sites for hydroxylation is 1. The average molecular weight is 153 g/mol. The lowest BCUT2D eigenvalue weighted by Crippen LogP contribution is -2.08. The highest BCUT2D eigenvalue weighted by Crippen LogP contribution is 2.22. The number of hydroxylamine groups is 1. The quantitative estimate of drug-likeness (QED) is 0.538. The van der Waals surface area contributed by atoms with Crippen molar-refractivity contribution >= 4 is 0 Å². The van der Waals surface area contributed by atoms with Gasteiger partial charge in [-0.15, -0.1) is 0 Å². The Bertz CT molecular complexity index is 256. The Labute approximate surface area is 64.6 Å². The molecule has 3 N–H and O–H groups in total. The highest BCUT2D eigenvalue weighted by atomic mass is 16.5. The number of nitrogens with one attached hydrogen (secondary N) is 2. The Morgan fingerprint density at radius 3 is 3.27 bits per heavy atom. The average Bonchev–Trinajstić information content (AvgIpc) is 2.53. The summed E-state index contributed by atoms with van der Waals surface area (Å²) in [7, 11) is 0. The number of aromatic nitrogens is 2. The van der Waals surface area contributed by atoms with Crippen molar-refractivity contribution in [3.8, 4) is 0 Å². The van der Waals surface area contributed by atoms with Gasteiger partial charge in [-0.2, -0.15) is 10.6 Å². The van der Waals surface area contributed by atoms with Crippen LogP contribution in [0.3, 0.4) is 0 Å². The molecule has 60 valence electrons. The van der Waals surface area contributed by atoms with E-state index in [1.54, 1.807) is 0 Å². The van der Waals surface area contributed by atoms with Crippen LogP contribution in [0.5, 0.6) is 0 Å². The third-order valence-corrected chi connectivity index (χ3v) is 2.14. The first-order valence-electron chi connectivity index (χ1n) is 3.84. The maximum atomic E-state index is 8.47. The molecular weight excluding hydrogens is 142 g/mol. The highest BCUT2D eigenvalue weighted by Gasteiger charge is 2.17. The number of nitrogens with zero attached hydrogens (tertiary/aromatic N) is 1. The summed E-state index contributed by atoms with van der Waals surface area (Å²) in [5.41, 5.74) is 5.62. The molecule has 0 unspecified atom stereocenters. The molecular formula is C7H11N3O. The van der Waals surface area contributed by atoms with Crippen LogP contribution in [-0.4, -0.2) is 15.4 Å². The van der Waals surface area contributed by atoms with Crippen molar-refractivity contribution in [1.29, 1.82) is 0 Å². The van der Waals surface area contributed by atoms with E-state index in [1.807, 2.05) is 0 Å². The maximum Gasteiger partial charge on any atom is 0.0818 e. The summed E-state index contributed by atoms with van der Waals surface area (Å²) < 4.78 is 0. The number of rotatable bonds is 2. The summed E-state index contributed by atoms with van der Waals surface area (Å²) in [5, 5.41) is 15.5. The normalized spacial score (nSPS) is 15.4. The molecule has 0 amide bonds. The molecule has 0 aliphatic heterocycles. The Morgan fingerprint density at radius 2 is 2.45 bits per heavy atom. The maximum absolute atomic E-state index is 8.47. The molecule has 1 aliphatic carbocycles. The zero-order valence-electron chi connectivity index (χ0n) is 6.22. The molecule has 1 aromatic heterocycles. The van der Waals surface area contributed by atoms with E-state index >= 15 is 0 Å². The standard InChI is InChI=1S/C7H11N3O/c11-8-4-7-5-2-1-3-6(5)9-10-7/h8,11H,1-4H2,(H,9,10). The number of hydrogen-bond acceptors (Lipinski definition) is 3. The van der Waals surface area contributed by atoms with Crippen LogP contribution in [-0.2, 0) is 19.4 Å². The Morgan fingerprint density at radius 1 is 1.55 bits per heavy atom. The predicted molar refractivity (Wildman–Crippen MR) is 39.2 cm³/mol. The number of aromatic amines is 1. The molecule has 0 saturated carbocycles. The minimum absolute atomic E-state index is 0.450. The van der Waals surface area contributed by atoms with Crippen LogP contribution in [0.4, 0.5) is 0 Å². The monoisotopic (exact) mass is 153 g/mol. The van der Waals surface area contributed by atoms with Crippen LogP contribution in [0.1, 0.15) is 23.4 Å². The summed E-state index contributed by atoms with van der Waals surface area (Å²) in [5.74, 6) is 0. The molecule has 0 atom stereocenters. The van der Waals surface area contributed by atoms with E-state index in [-0.39, 0.29) is 0 Å². The van der Waals surface area contributed by atoms with Crippen LogP contribution < -0.4 is 5.48 Å². The molecule has 1 heterocycles. The molecule has 0 aromatic carbocycles. The Balaban J connectivity index is 2.27. The molecule has 1 aromatic rings. The van der Waals surface area contributed by atoms with Gasteiger partial charge < -0.3 is 5.21 Å². The van der Waals surface area contributed by atoms with Gasteiger partial charge in [0, 0.05) is 5.69 Å². The van der Waals surface area contributed by atoms with Crippen molar-refractivity contribution in [2.24, 2.45) is 0 Å². The van der Waals surface area contributed by atoms with Crippen molar-refractivity contribution < 1.29 is 5.21 Å². The summed E-state index contributed by atoms with van der Waals surface area (Å²) in [6.45, 7) is 0.450. The zero-order chi connectivity index (χ0) is 7.68. The van der Waals surface area contributed by atoms with Crippen LogP contribution in [0.25, 0.3) is 0 Å². The number of H-pyrrole nitrogens is 1. The lowest BCUT2D eigenvalue weighted by molar-refractivity contribution is 0.159. The molecule has 0 saturated heterocycles. The van der Waals surface area contributed by atoms with Crippen molar-refractivity contribution in [2.45, 2.75) is 25.8 Å².